The van der Waals surface area contributed by atoms with Gasteiger partial charge in [0.05, 0.1) is 6.61 Å². The van der Waals surface area contributed by atoms with Crippen LogP contribution in [0.5, 0.6) is 11.5 Å². The van der Waals surface area contributed by atoms with Crippen LogP contribution in [0, 0.1) is 6.92 Å². The first-order chi connectivity index (χ1) is 13.1. The SMILES string of the molecule is CCOc1cc2c(cc1CNC(=O)NCCc1ccccc1C)O[C@@H](C)C2. The molecule has 0 aliphatic carbocycles. The van der Waals surface area contributed by atoms with Crippen LogP contribution < -0.4 is 20.1 Å². The van der Waals surface area contributed by atoms with Gasteiger partial charge < -0.3 is 20.1 Å². The van der Waals surface area contributed by atoms with Gasteiger partial charge in [-0.2, -0.15) is 0 Å². The number of hydrogen-bond acceptors (Lipinski definition) is 3. The van der Waals surface area contributed by atoms with Gasteiger partial charge in [0.2, 0.25) is 0 Å². The Bertz CT molecular complexity index is 804. The molecule has 0 saturated heterocycles. The molecular formula is C22H28N2O3. The third-order valence-corrected chi connectivity index (χ3v) is 4.76. The largest absolute Gasteiger partial charge is 0.494 e. The maximum absolute atomic E-state index is 12.2. The van der Waals surface area contributed by atoms with Crippen molar-refractivity contribution in [3.05, 3.63) is 58.7 Å². The van der Waals surface area contributed by atoms with Crippen LogP contribution >= 0.6 is 0 Å². The highest BCUT2D eigenvalue weighted by Crippen LogP contribution is 2.35. The van der Waals surface area contributed by atoms with Gasteiger partial charge in [-0.25, -0.2) is 4.79 Å². The fourth-order valence-corrected chi connectivity index (χ4v) is 3.35. The Morgan fingerprint density at radius 3 is 2.81 bits per heavy atom. The first kappa shape index (κ1) is 19.1. The number of ether oxygens (including phenoxy) is 2. The van der Waals surface area contributed by atoms with Gasteiger partial charge in [-0.15, -0.1) is 0 Å². The molecule has 0 unspecified atom stereocenters. The summed E-state index contributed by atoms with van der Waals surface area (Å²) < 4.78 is 11.6. The topological polar surface area (TPSA) is 59.6 Å². The summed E-state index contributed by atoms with van der Waals surface area (Å²) >= 11 is 0. The number of hydrogen-bond donors (Lipinski definition) is 2. The fourth-order valence-electron chi connectivity index (χ4n) is 3.35. The second-order valence-electron chi connectivity index (χ2n) is 6.92. The van der Waals surface area contributed by atoms with E-state index in [1.807, 2.05) is 31.2 Å². The molecule has 1 aliphatic rings. The van der Waals surface area contributed by atoms with Crippen LogP contribution in [-0.2, 0) is 19.4 Å². The number of nitrogens with one attached hydrogen (secondary N) is 2. The summed E-state index contributed by atoms with van der Waals surface area (Å²) in [5.74, 6) is 1.71. The quantitative estimate of drug-likeness (QED) is 0.782. The lowest BCUT2D eigenvalue weighted by Crippen LogP contribution is -2.36. The molecule has 5 nitrogen and oxygen atoms in total. The van der Waals surface area contributed by atoms with Crippen LogP contribution in [-0.4, -0.2) is 25.3 Å². The normalized spacial score (nSPS) is 15.0. The minimum atomic E-state index is -0.180. The van der Waals surface area contributed by atoms with E-state index in [4.69, 9.17) is 9.47 Å². The minimum absolute atomic E-state index is 0.180. The van der Waals surface area contributed by atoms with Crippen molar-refractivity contribution in [1.82, 2.24) is 10.6 Å². The fraction of sp³-hybridized carbons (Fsp3) is 0.409. The number of benzene rings is 2. The van der Waals surface area contributed by atoms with E-state index < -0.39 is 0 Å². The third-order valence-electron chi connectivity index (χ3n) is 4.76. The van der Waals surface area contributed by atoms with Crippen molar-refractivity contribution in [1.29, 1.82) is 0 Å². The van der Waals surface area contributed by atoms with E-state index in [1.54, 1.807) is 0 Å². The van der Waals surface area contributed by atoms with E-state index in [0.717, 1.165) is 35.5 Å². The summed E-state index contributed by atoms with van der Waals surface area (Å²) in [5, 5.41) is 5.83. The molecule has 2 N–H and O–H groups in total. The highest BCUT2D eigenvalue weighted by atomic mass is 16.5. The predicted octanol–water partition coefficient (Wildman–Crippen LogP) is 3.76. The van der Waals surface area contributed by atoms with Gasteiger partial charge in [-0.1, -0.05) is 24.3 Å². The van der Waals surface area contributed by atoms with Gasteiger partial charge in [-0.3, -0.25) is 0 Å². The lowest BCUT2D eigenvalue weighted by Gasteiger charge is -2.14. The van der Waals surface area contributed by atoms with Crippen LogP contribution in [0.4, 0.5) is 4.79 Å². The van der Waals surface area contributed by atoms with Crippen LogP contribution in [0.25, 0.3) is 0 Å². The molecule has 144 valence electrons. The molecule has 0 fully saturated rings. The maximum Gasteiger partial charge on any atom is 0.315 e. The smallest absolute Gasteiger partial charge is 0.315 e. The first-order valence-corrected chi connectivity index (χ1v) is 9.58. The molecule has 0 spiro atoms. The Hall–Kier alpha value is -2.69. The number of aryl methyl sites for hydroxylation is 1. The minimum Gasteiger partial charge on any atom is -0.494 e. The average Bonchev–Trinajstić information content (AvgIpc) is 3.00. The summed E-state index contributed by atoms with van der Waals surface area (Å²) in [6, 6.07) is 12.1. The molecule has 1 aliphatic heterocycles. The van der Waals surface area contributed by atoms with Crippen molar-refractivity contribution >= 4 is 6.03 Å². The van der Waals surface area contributed by atoms with Crippen LogP contribution in [0.15, 0.2) is 36.4 Å². The molecule has 0 aromatic heterocycles. The van der Waals surface area contributed by atoms with Crippen molar-refractivity contribution in [2.75, 3.05) is 13.2 Å². The summed E-state index contributed by atoms with van der Waals surface area (Å²) in [4.78, 5) is 12.2. The Kier molecular flexibility index (Phi) is 6.22. The van der Waals surface area contributed by atoms with Gasteiger partial charge in [0.1, 0.15) is 17.6 Å². The molecular weight excluding hydrogens is 340 g/mol. The first-order valence-electron chi connectivity index (χ1n) is 9.58. The predicted molar refractivity (Wildman–Crippen MR) is 107 cm³/mol. The number of amides is 2. The highest BCUT2D eigenvalue weighted by molar-refractivity contribution is 5.74. The molecule has 1 heterocycles. The van der Waals surface area contributed by atoms with Gasteiger partial charge >= 0.3 is 6.03 Å². The second kappa shape index (κ2) is 8.80. The van der Waals surface area contributed by atoms with Crippen molar-refractivity contribution in [3.63, 3.8) is 0 Å². The monoisotopic (exact) mass is 368 g/mol. The molecule has 1 atom stereocenters. The number of urea groups is 1. The number of carbonyl (C=O) groups excluding carboxylic acids is 1. The van der Waals surface area contributed by atoms with E-state index in [2.05, 4.69) is 36.6 Å². The Morgan fingerprint density at radius 1 is 1.22 bits per heavy atom. The zero-order chi connectivity index (χ0) is 19.2. The summed E-state index contributed by atoms with van der Waals surface area (Å²) in [6.07, 6.45) is 1.89. The van der Waals surface area contributed by atoms with E-state index >= 15 is 0 Å². The Balaban J connectivity index is 1.54. The molecule has 3 rings (SSSR count). The van der Waals surface area contributed by atoms with Crippen LogP contribution in [0.1, 0.15) is 36.1 Å². The molecule has 2 amide bonds. The van der Waals surface area contributed by atoms with Crippen molar-refractivity contribution in [2.45, 2.75) is 46.3 Å². The molecule has 0 bridgehead atoms. The number of carbonyl (C=O) groups is 1. The van der Waals surface area contributed by atoms with Gasteiger partial charge in [0, 0.05) is 30.6 Å². The van der Waals surface area contributed by atoms with Crippen LogP contribution in [0.2, 0.25) is 0 Å². The molecule has 2 aromatic carbocycles. The van der Waals surface area contributed by atoms with Gasteiger partial charge in [0.25, 0.3) is 0 Å². The van der Waals surface area contributed by atoms with Crippen molar-refractivity contribution in [2.24, 2.45) is 0 Å². The Morgan fingerprint density at radius 2 is 2.04 bits per heavy atom. The highest BCUT2D eigenvalue weighted by Gasteiger charge is 2.22. The maximum atomic E-state index is 12.2. The number of fused-ring (bicyclic) bond motifs is 1. The Labute approximate surface area is 161 Å². The van der Waals surface area contributed by atoms with Gasteiger partial charge in [-0.05, 0) is 50.5 Å². The lowest BCUT2D eigenvalue weighted by molar-refractivity contribution is 0.240. The van der Waals surface area contributed by atoms with Crippen molar-refractivity contribution in [3.8, 4) is 11.5 Å². The lowest BCUT2D eigenvalue weighted by atomic mass is 10.1. The molecule has 0 radical (unpaired) electrons. The van der Waals surface area contributed by atoms with Crippen molar-refractivity contribution < 1.29 is 14.3 Å². The van der Waals surface area contributed by atoms with E-state index in [0.29, 0.717) is 19.7 Å². The second-order valence-corrected chi connectivity index (χ2v) is 6.92. The van der Waals surface area contributed by atoms with Gasteiger partial charge in [0.15, 0.2) is 0 Å². The summed E-state index contributed by atoms with van der Waals surface area (Å²) in [5.41, 5.74) is 4.59. The van der Waals surface area contributed by atoms with E-state index in [1.165, 1.54) is 11.1 Å². The zero-order valence-corrected chi connectivity index (χ0v) is 16.3. The standard InChI is InChI=1S/C22H28N2O3/c1-4-26-20-12-18-11-16(3)27-21(18)13-19(20)14-24-22(25)23-10-9-17-8-6-5-7-15(17)2/h5-8,12-13,16H,4,9-11,14H2,1-3H3,(H2,23,24,25)/t16-/m0/s1. The van der Waals surface area contributed by atoms with E-state index in [-0.39, 0.29) is 12.1 Å². The average molecular weight is 368 g/mol. The van der Waals surface area contributed by atoms with E-state index in [9.17, 15) is 4.79 Å². The molecule has 27 heavy (non-hydrogen) atoms. The molecule has 2 aromatic rings. The third kappa shape index (κ3) is 4.94. The number of rotatable bonds is 7. The molecule has 0 saturated carbocycles. The molecule has 5 heteroatoms. The van der Waals surface area contributed by atoms with Crippen LogP contribution in [0.3, 0.4) is 0 Å². The zero-order valence-electron chi connectivity index (χ0n) is 16.3. The summed E-state index contributed by atoms with van der Waals surface area (Å²) in [7, 11) is 0. The summed E-state index contributed by atoms with van der Waals surface area (Å²) in [6.45, 7) is 7.69.